The molecular weight excluding hydrogens is 326 g/mol. The molecule has 1 aromatic carbocycles. The van der Waals surface area contributed by atoms with Crippen LogP contribution < -0.4 is 9.62 Å². The van der Waals surface area contributed by atoms with Crippen molar-refractivity contribution in [3.8, 4) is 0 Å². The van der Waals surface area contributed by atoms with Crippen molar-refractivity contribution < 1.29 is 13.2 Å². The number of nitrogens with zero attached hydrogens (tertiary/aromatic N) is 2. The lowest BCUT2D eigenvalue weighted by Gasteiger charge is -2.21. The van der Waals surface area contributed by atoms with Gasteiger partial charge in [0.25, 0.3) is 5.91 Å². The lowest BCUT2D eigenvalue weighted by Crippen LogP contribution is -2.32. The summed E-state index contributed by atoms with van der Waals surface area (Å²) in [7, 11) is -3.64. The van der Waals surface area contributed by atoms with Crippen molar-refractivity contribution in [3.63, 3.8) is 0 Å². The van der Waals surface area contributed by atoms with Gasteiger partial charge in [-0.25, -0.2) is 13.1 Å². The summed E-state index contributed by atoms with van der Waals surface area (Å²) >= 11 is 0. The summed E-state index contributed by atoms with van der Waals surface area (Å²) in [5, 5.41) is 0. The summed E-state index contributed by atoms with van der Waals surface area (Å²) in [6.45, 7) is 5.81. The molecule has 0 saturated carbocycles. The topological polar surface area (TPSA) is 79.4 Å². The van der Waals surface area contributed by atoms with Crippen molar-refractivity contribution in [1.29, 1.82) is 0 Å². The maximum atomic E-state index is 12.8. The number of carbonyl (C=O) groups excluding carboxylic acids is 1. The minimum absolute atomic E-state index is 0.0767. The molecule has 2 aromatic rings. The molecule has 0 aliphatic heterocycles. The number of anilines is 1. The zero-order valence-corrected chi connectivity index (χ0v) is 14.7. The number of hydrogen-bond donors (Lipinski definition) is 1. The Morgan fingerprint density at radius 3 is 2.46 bits per heavy atom. The number of rotatable bonds is 6. The third-order valence-corrected chi connectivity index (χ3v) is 4.97. The summed E-state index contributed by atoms with van der Waals surface area (Å²) in [5.41, 5.74) is 1.03. The van der Waals surface area contributed by atoms with E-state index in [0.29, 0.717) is 17.8 Å². The molecule has 0 fully saturated rings. The molecule has 128 valence electrons. The number of nitrogens with one attached hydrogen (secondary N) is 1. The Labute approximate surface area is 142 Å². The van der Waals surface area contributed by atoms with E-state index in [1.165, 1.54) is 12.1 Å². The van der Waals surface area contributed by atoms with Crippen molar-refractivity contribution in [2.24, 2.45) is 0 Å². The van der Waals surface area contributed by atoms with Crippen LogP contribution in [0.25, 0.3) is 0 Å². The lowest BCUT2D eigenvalue weighted by atomic mass is 10.2. The second kappa shape index (κ2) is 7.55. The molecule has 0 unspecified atom stereocenters. The van der Waals surface area contributed by atoms with Crippen LogP contribution in [-0.4, -0.2) is 31.9 Å². The largest absolute Gasteiger partial charge is 0.309 e. The van der Waals surface area contributed by atoms with Gasteiger partial charge < -0.3 is 4.90 Å². The van der Waals surface area contributed by atoms with E-state index in [4.69, 9.17) is 0 Å². The predicted octanol–water partition coefficient (Wildman–Crippen LogP) is 2.44. The van der Waals surface area contributed by atoms with Crippen LogP contribution in [-0.2, 0) is 10.0 Å². The van der Waals surface area contributed by atoms with Crippen LogP contribution in [0, 0.1) is 0 Å². The van der Waals surface area contributed by atoms with Gasteiger partial charge >= 0.3 is 0 Å². The van der Waals surface area contributed by atoms with Gasteiger partial charge in [0, 0.05) is 36.2 Å². The molecule has 24 heavy (non-hydrogen) atoms. The van der Waals surface area contributed by atoms with Crippen molar-refractivity contribution in [2.45, 2.75) is 31.7 Å². The highest BCUT2D eigenvalue weighted by Crippen LogP contribution is 2.18. The number of amides is 1. The maximum Gasteiger partial charge on any atom is 0.258 e. The zero-order chi connectivity index (χ0) is 17.7. The third kappa shape index (κ3) is 4.18. The van der Waals surface area contributed by atoms with Crippen molar-refractivity contribution in [3.05, 3.63) is 54.4 Å². The molecular formula is C17H21N3O3S. The van der Waals surface area contributed by atoms with Crippen LogP contribution >= 0.6 is 0 Å². The Bertz CT molecular complexity index is 805. The summed E-state index contributed by atoms with van der Waals surface area (Å²) in [6.07, 6.45) is 3.22. The molecule has 0 atom stereocenters. The summed E-state index contributed by atoms with van der Waals surface area (Å²) in [6, 6.07) is 9.31. The molecule has 1 N–H and O–H groups in total. The van der Waals surface area contributed by atoms with Gasteiger partial charge in [0.15, 0.2) is 0 Å². The first kappa shape index (κ1) is 18.1. The van der Waals surface area contributed by atoms with Crippen LogP contribution in [0.3, 0.4) is 0 Å². The van der Waals surface area contributed by atoms with E-state index in [-0.39, 0.29) is 16.8 Å². The fourth-order valence-corrected chi connectivity index (χ4v) is 3.59. The molecule has 0 bridgehead atoms. The Balaban J connectivity index is 2.35. The smallest absolute Gasteiger partial charge is 0.258 e. The highest BCUT2D eigenvalue weighted by atomic mass is 32.2. The first-order valence-electron chi connectivity index (χ1n) is 7.69. The van der Waals surface area contributed by atoms with Crippen LogP contribution in [0.5, 0.6) is 0 Å². The van der Waals surface area contributed by atoms with Gasteiger partial charge in [-0.3, -0.25) is 9.78 Å². The van der Waals surface area contributed by atoms with Crippen molar-refractivity contribution in [2.75, 3.05) is 11.4 Å². The van der Waals surface area contributed by atoms with Gasteiger partial charge in [-0.15, -0.1) is 0 Å². The number of sulfonamides is 1. The summed E-state index contributed by atoms with van der Waals surface area (Å²) in [5.74, 6) is -0.259. The average molecular weight is 347 g/mol. The number of hydrogen-bond acceptors (Lipinski definition) is 4. The Hall–Kier alpha value is -2.25. The normalized spacial score (nSPS) is 11.5. The summed E-state index contributed by atoms with van der Waals surface area (Å²) < 4.78 is 27.1. The first-order chi connectivity index (χ1) is 11.3. The van der Waals surface area contributed by atoms with Crippen molar-refractivity contribution in [1.82, 2.24) is 9.71 Å². The molecule has 0 aliphatic carbocycles. The van der Waals surface area contributed by atoms with Crippen LogP contribution in [0.15, 0.2) is 53.7 Å². The van der Waals surface area contributed by atoms with Gasteiger partial charge in [-0.2, -0.15) is 0 Å². The van der Waals surface area contributed by atoms with E-state index in [1.807, 2.05) is 6.92 Å². The number of aromatic nitrogens is 1. The van der Waals surface area contributed by atoms with Gasteiger partial charge in [0.2, 0.25) is 10.0 Å². The SMILES string of the molecule is CCN(C(=O)c1cccc(S(=O)(=O)NC(C)C)c1)c1ccncc1. The molecule has 1 amide bonds. The molecule has 1 aromatic heterocycles. The van der Waals surface area contributed by atoms with E-state index in [0.717, 1.165) is 0 Å². The van der Waals surface area contributed by atoms with Crippen LogP contribution in [0.2, 0.25) is 0 Å². The van der Waals surface area contributed by atoms with E-state index in [9.17, 15) is 13.2 Å². The van der Waals surface area contributed by atoms with Crippen molar-refractivity contribution >= 4 is 21.6 Å². The molecule has 0 aliphatic rings. The molecule has 0 spiro atoms. The van der Waals surface area contributed by atoms with E-state index >= 15 is 0 Å². The minimum atomic E-state index is -3.64. The summed E-state index contributed by atoms with van der Waals surface area (Å²) in [4.78, 5) is 18.4. The van der Waals surface area contributed by atoms with Gasteiger partial charge in [0.05, 0.1) is 4.90 Å². The highest BCUT2D eigenvalue weighted by Gasteiger charge is 2.20. The highest BCUT2D eigenvalue weighted by molar-refractivity contribution is 7.89. The molecule has 0 saturated heterocycles. The second-order valence-electron chi connectivity index (χ2n) is 5.56. The van der Waals surface area contributed by atoms with E-state index in [2.05, 4.69) is 9.71 Å². The van der Waals surface area contributed by atoms with Gasteiger partial charge in [-0.1, -0.05) is 6.07 Å². The number of carbonyl (C=O) groups is 1. The van der Waals surface area contributed by atoms with Gasteiger partial charge in [-0.05, 0) is 51.1 Å². The van der Waals surface area contributed by atoms with E-state index in [1.54, 1.807) is 55.4 Å². The number of pyridine rings is 1. The first-order valence-corrected chi connectivity index (χ1v) is 9.17. The Morgan fingerprint density at radius 2 is 1.88 bits per heavy atom. The average Bonchev–Trinajstić information content (AvgIpc) is 2.55. The second-order valence-corrected chi connectivity index (χ2v) is 7.27. The third-order valence-electron chi connectivity index (χ3n) is 3.32. The van der Waals surface area contributed by atoms with Crippen LogP contribution in [0.1, 0.15) is 31.1 Å². The molecule has 0 radical (unpaired) electrons. The monoisotopic (exact) mass is 347 g/mol. The lowest BCUT2D eigenvalue weighted by molar-refractivity contribution is 0.0988. The maximum absolute atomic E-state index is 12.8. The fraction of sp³-hybridized carbons (Fsp3) is 0.294. The predicted molar refractivity (Wildman–Crippen MR) is 93.5 cm³/mol. The molecule has 1 heterocycles. The minimum Gasteiger partial charge on any atom is -0.309 e. The molecule has 7 heteroatoms. The standard InChI is InChI=1S/C17H21N3O3S/c1-4-20(15-8-10-18-11-9-15)17(21)14-6-5-7-16(12-14)24(22,23)19-13(2)3/h5-13,19H,4H2,1-3H3. The quantitative estimate of drug-likeness (QED) is 0.870. The Morgan fingerprint density at radius 1 is 1.21 bits per heavy atom. The number of benzene rings is 1. The van der Waals surface area contributed by atoms with E-state index < -0.39 is 10.0 Å². The molecule has 6 nitrogen and oxygen atoms in total. The van der Waals surface area contributed by atoms with Gasteiger partial charge in [0.1, 0.15) is 0 Å². The Kier molecular flexibility index (Phi) is 5.69. The fourth-order valence-electron chi connectivity index (χ4n) is 2.30. The van der Waals surface area contributed by atoms with Crippen LogP contribution in [0.4, 0.5) is 5.69 Å². The molecule has 2 rings (SSSR count). The zero-order valence-electron chi connectivity index (χ0n) is 13.9.